The molecule has 1 atom stereocenters. The summed E-state index contributed by atoms with van der Waals surface area (Å²) in [6.07, 6.45) is 1.87. The Bertz CT molecular complexity index is 1600. The summed E-state index contributed by atoms with van der Waals surface area (Å²) in [6, 6.07) is 15.5. The fourth-order valence-electron chi connectivity index (χ4n) is 4.48. The third-order valence-corrected chi connectivity index (χ3v) is 8.04. The normalized spacial score (nSPS) is 18.5. The number of nitrogens with zero attached hydrogens (tertiary/aromatic N) is 1. The van der Waals surface area contributed by atoms with Crippen molar-refractivity contribution in [3.05, 3.63) is 83.2 Å². The Balaban J connectivity index is 1.30. The zero-order valence-electron chi connectivity index (χ0n) is 17.9. The number of carbonyl (C=O) groups is 2. The Morgan fingerprint density at radius 1 is 1.03 bits per heavy atom. The van der Waals surface area contributed by atoms with Gasteiger partial charge in [-0.15, -0.1) is 0 Å². The smallest absolute Gasteiger partial charge is 0.255 e. The van der Waals surface area contributed by atoms with Gasteiger partial charge in [0.05, 0.1) is 20.8 Å². The lowest BCUT2D eigenvalue weighted by Crippen LogP contribution is -2.21. The van der Waals surface area contributed by atoms with E-state index in [2.05, 4.69) is 15.3 Å². The standard InChI is InChI=1S/C25H19N3O5S/c29-23-16-4-1-2-6-21(16)34(31,32)22-12-14(7-9-17(22)23)25(30)26-15-8-10-18-19(13-15)28-24(27-18)20-5-3-11-33-20/h1-2,4,6-10,12-13,20H,3,5,11H2,(H,26,30)(H,27,28). The molecule has 8 nitrogen and oxygen atoms in total. The Labute approximate surface area is 194 Å². The second kappa shape index (κ2) is 7.61. The number of hydrogen-bond donors (Lipinski definition) is 2. The number of ether oxygens (including phenoxy) is 1. The Morgan fingerprint density at radius 3 is 2.68 bits per heavy atom. The lowest BCUT2D eigenvalue weighted by molar-refractivity contribution is 0.101. The van der Waals surface area contributed by atoms with Crippen molar-refractivity contribution in [2.45, 2.75) is 28.7 Å². The highest BCUT2D eigenvalue weighted by molar-refractivity contribution is 7.91. The lowest BCUT2D eigenvalue weighted by Gasteiger charge is -2.19. The molecule has 4 aromatic rings. The first-order chi connectivity index (χ1) is 16.4. The predicted octanol–water partition coefficient (Wildman–Crippen LogP) is 4.04. The third-order valence-electron chi connectivity index (χ3n) is 6.19. The molecule has 2 aliphatic rings. The second-order valence-electron chi connectivity index (χ2n) is 8.35. The first-order valence-corrected chi connectivity index (χ1v) is 12.4. The van der Waals surface area contributed by atoms with E-state index in [-0.39, 0.29) is 38.4 Å². The topological polar surface area (TPSA) is 118 Å². The highest BCUT2D eigenvalue weighted by Gasteiger charge is 2.35. The van der Waals surface area contributed by atoms with Gasteiger partial charge in [-0.2, -0.15) is 0 Å². The first kappa shape index (κ1) is 20.8. The van der Waals surface area contributed by atoms with Crippen LogP contribution in [0.2, 0.25) is 0 Å². The maximum Gasteiger partial charge on any atom is 0.255 e. The molecule has 0 radical (unpaired) electrons. The maximum atomic E-state index is 13.1. The van der Waals surface area contributed by atoms with Gasteiger partial charge in [-0.05, 0) is 61.4 Å². The van der Waals surface area contributed by atoms with E-state index in [1.807, 2.05) is 0 Å². The van der Waals surface area contributed by atoms with Crippen LogP contribution in [0, 0.1) is 0 Å². The van der Waals surface area contributed by atoms with Crippen molar-refractivity contribution in [2.75, 3.05) is 11.9 Å². The molecule has 9 heteroatoms. The summed E-state index contributed by atoms with van der Waals surface area (Å²) in [5.41, 5.74) is 2.40. The van der Waals surface area contributed by atoms with Crippen LogP contribution in [0.5, 0.6) is 0 Å². The first-order valence-electron chi connectivity index (χ1n) is 10.9. The van der Waals surface area contributed by atoms with Crippen LogP contribution in [-0.4, -0.2) is 36.7 Å². The minimum absolute atomic E-state index is 0.0446. The fourth-order valence-corrected chi connectivity index (χ4v) is 6.16. The molecular formula is C25H19N3O5S. The molecule has 3 heterocycles. The van der Waals surface area contributed by atoms with Crippen LogP contribution in [0.25, 0.3) is 11.0 Å². The number of H-pyrrole nitrogens is 1. The molecule has 2 N–H and O–H groups in total. The average Bonchev–Trinajstić information content (AvgIpc) is 3.52. The summed E-state index contributed by atoms with van der Waals surface area (Å²) in [6.45, 7) is 0.719. The number of ketones is 1. The van der Waals surface area contributed by atoms with Gasteiger partial charge in [0, 0.05) is 29.0 Å². The van der Waals surface area contributed by atoms with Crippen LogP contribution in [0.3, 0.4) is 0 Å². The minimum atomic E-state index is -3.92. The van der Waals surface area contributed by atoms with E-state index in [1.165, 1.54) is 30.3 Å². The van der Waals surface area contributed by atoms with Gasteiger partial charge in [-0.1, -0.05) is 12.1 Å². The van der Waals surface area contributed by atoms with Gasteiger partial charge in [0.15, 0.2) is 5.78 Å². The van der Waals surface area contributed by atoms with Crippen molar-refractivity contribution in [3.8, 4) is 0 Å². The zero-order chi connectivity index (χ0) is 23.4. The van der Waals surface area contributed by atoms with Crippen LogP contribution >= 0.6 is 0 Å². The average molecular weight is 474 g/mol. The zero-order valence-corrected chi connectivity index (χ0v) is 18.7. The van der Waals surface area contributed by atoms with Crippen molar-refractivity contribution in [1.29, 1.82) is 0 Å². The van der Waals surface area contributed by atoms with Gasteiger partial charge in [0.1, 0.15) is 11.9 Å². The number of carbonyl (C=O) groups excluding carboxylic acids is 2. The quantitative estimate of drug-likeness (QED) is 0.408. The second-order valence-corrected chi connectivity index (χ2v) is 10.2. The third kappa shape index (κ3) is 3.24. The van der Waals surface area contributed by atoms with Crippen molar-refractivity contribution in [1.82, 2.24) is 9.97 Å². The van der Waals surface area contributed by atoms with Crippen LogP contribution in [-0.2, 0) is 14.6 Å². The molecule has 170 valence electrons. The van der Waals surface area contributed by atoms with Crippen molar-refractivity contribution in [3.63, 3.8) is 0 Å². The number of nitrogens with one attached hydrogen (secondary N) is 2. The molecule has 0 aliphatic carbocycles. The maximum absolute atomic E-state index is 13.1. The largest absolute Gasteiger partial charge is 0.370 e. The molecule has 34 heavy (non-hydrogen) atoms. The summed E-state index contributed by atoms with van der Waals surface area (Å²) in [4.78, 5) is 33.4. The number of aromatic nitrogens is 2. The summed E-state index contributed by atoms with van der Waals surface area (Å²) < 4.78 is 31.9. The van der Waals surface area contributed by atoms with Crippen LogP contribution < -0.4 is 5.32 Å². The van der Waals surface area contributed by atoms with E-state index in [0.29, 0.717) is 5.69 Å². The van der Waals surface area contributed by atoms with Gasteiger partial charge >= 0.3 is 0 Å². The number of imidazole rings is 1. The number of amides is 1. The number of fused-ring (bicyclic) bond motifs is 3. The summed E-state index contributed by atoms with van der Waals surface area (Å²) >= 11 is 0. The summed E-state index contributed by atoms with van der Waals surface area (Å²) in [5, 5.41) is 2.80. The van der Waals surface area contributed by atoms with Crippen LogP contribution in [0.15, 0.2) is 70.5 Å². The Kier molecular flexibility index (Phi) is 4.65. The molecule has 1 saturated heterocycles. The van der Waals surface area contributed by atoms with Gasteiger partial charge in [-0.25, -0.2) is 13.4 Å². The number of hydrogen-bond acceptors (Lipinski definition) is 6. The fraction of sp³-hybridized carbons (Fsp3) is 0.160. The molecule has 3 aromatic carbocycles. The van der Waals surface area contributed by atoms with Crippen molar-refractivity contribution in [2.24, 2.45) is 0 Å². The number of rotatable bonds is 3. The van der Waals surface area contributed by atoms with Crippen LogP contribution in [0.1, 0.15) is 51.0 Å². The highest BCUT2D eigenvalue weighted by atomic mass is 32.2. The van der Waals surface area contributed by atoms with Crippen molar-refractivity contribution < 1.29 is 22.7 Å². The molecule has 1 aromatic heterocycles. The SMILES string of the molecule is O=C(Nc1ccc2nc(C3CCCO3)[nH]c2c1)c1ccc2c(c1)S(=O)(=O)c1ccccc1C2=O. The number of anilines is 1. The van der Waals surface area contributed by atoms with E-state index in [9.17, 15) is 18.0 Å². The minimum Gasteiger partial charge on any atom is -0.370 e. The van der Waals surface area contributed by atoms with E-state index in [0.717, 1.165) is 36.3 Å². The monoisotopic (exact) mass is 473 g/mol. The number of sulfone groups is 1. The molecule has 1 unspecified atom stereocenters. The van der Waals surface area contributed by atoms with E-state index < -0.39 is 15.7 Å². The van der Waals surface area contributed by atoms with Gasteiger partial charge in [0.2, 0.25) is 9.84 Å². The van der Waals surface area contributed by atoms with Crippen molar-refractivity contribution >= 4 is 38.2 Å². The molecule has 1 fully saturated rings. The number of aromatic amines is 1. The molecule has 6 rings (SSSR count). The van der Waals surface area contributed by atoms with Gasteiger partial charge < -0.3 is 15.0 Å². The number of benzene rings is 3. The van der Waals surface area contributed by atoms with E-state index in [1.54, 1.807) is 30.3 Å². The predicted molar refractivity (Wildman–Crippen MR) is 124 cm³/mol. The summed E-state index contributed by atoms with van der Waals surface area (Å²) in [5.74, 6) is -0.0949. The van der Waals surface area contributed by atoms with Crippen LogP contribution in [0.4, 0.5) is 5.69 Å². The van der Waals surface area contributed by atoms with Gasteiger partial charge in [0.25, 0.3) is 5.91 Å². The summed E-state index contributed by atoms with van der Waals surface area (Å²) in [7, 11) is -3.92. The molecular weight excluding hydrogens is 454 g/mol. The molecule has 1 amide bonds. The van der Waals surface area contributed by atoms with Gasteiger partial charge in [-0.3, -0.25) is 9.59 Å². The molecule has 2 aliphatic heterocycles. The Morgan fingerprint density at radius 2 is 1.85 bits per heavy atom. The molecule has 0 spiro atoms. The molecule has 0 bridgehead atoms. The van der Waals surface area contributed by atoms with E-state index >= 15 is 0 Å². The molecule has 0 saturated carbocycles. The highest BCUT2D eigenvalue weighted by Crippen LogP contribution is 2.35. The Hall–Kier alpha value is -3.82. The van der Waals surface area contributed by atoms with E-state index in [4.69, 9.17) is 4.74 Å². The lowest BCUT2D eigenvalue weighted by atomic mass is 10.0.